The van der Waals surface area contributed by atoms with E-state index >= 15 is 0 Å². The molecule has 3 aromatic rings. The zero-order chi connectivity index (χ0) is 20.3. The molecular formula is C22H25ClN2O4. The number of rotatable bonds is 6. The van der Waals surface area contributed by atoms with Gasteiger partial charge in [-0.2, -0.15) is 0 Å². The Bertz CT molecular complexity index is 1090. The summed E-state index contributed by atoms with van der Waals surface area (Å²) in [6.45, 7) is 4.27. The van der Waals surface area contributed by atoms with Gasteiger partial charge < -0.3 is 20.2 Å². The fraction of sp³-hybridized carbons (Fsp3) is 0.273. The Morgan fingerprint density at radius 3 is 2.59 bits per heavy atom. The number of fused-ring (bicyclic) bond motifs is 1. The highest BCUT2D eigenvalue weighted by molar-refractivity contribution is 6.06. The maximum Gasteiger partial charge on any atom is 0.336 e. The van der Waals surface area contributed by atoms with Crippen molar-refractivity contribution in [2.45, 2.75) is 26.7 Å². The van der Waals surface area contributed by atoms with Crippen LogP contribution in [0.25, 0.3) is 11.0 Å². The molecule has 0 aliphatic heterocycles. The molecule has 0 saturated heterocycles. The molecule has 1 aromatic heterocycles. The molecule has 0 atom stereocenters. The van der Waals surface area contributed by atoms with Crippen molar-refractivity contribution in [2.24, 2.45) is 5.73 Å². The second-order valence-corrected chi connectivity index (χ2v) is 6.78. The molecular weight excluding hydrogens is 392 g/mol. The van der Waals surface area contributed by atoms with Crippen molar-refractivity contribution < 1.29 is 13.9 Å². The van der Waals surface area contributed by atoms with Gasteiger partial charge in [-0.3, -0.25) is 4.79 Å². The lowest BCUT2D eigenvalue weighted by Crippen LogP contribution is -2.14. The van der Waals surface area contributed by atoms with E-state index in [4.69, 9.17) is 14.9 Å². The molecule has 3 rings (SSSR count). The van der Waals surface area contributed by atoms with Gasteiger partial charge in [0.15, 0.2) is 0 Å². The monoisotopic (exact) mass is 416 g/mol. The fourth-order valence-electron chi connectivity index (χ4n) is 3.20. The number of hydrogen-bond acceptors (Lipinski definition) is 5. The first-order chi connectivity index (χ1) is 13.4. The molecule has 1 amide bonds. The van der Waals surface area contributed by atoms with E-state index < -0.39 is 0 Å². The summed E-state index contributed by atoms with van der Waals surface area (Å²) in [4.78, 5) is 24.4. The Kier molecular flexibility index (Phi) is 7.42. The molecule has 7 heteroatoms. The van der Waals surface area contributed by atoms with E-state index in [0.717, 1.165) is 40.7 Å². The van der Waals surface area contributed by atoms with E-state index in [2.05, 4.69) is 5.32 Å². The summed E-state index contributed by atoms with van der Waals surface area (Å²) >= 11 is 0. The van der Waals surface area contributed by atoms with Crippen LogP contribution >= 0.6 is 12.4 Å². The summed E-state index contributed by atoms with van der Waals surface area (Å²) in [6, 6.07) is 10.4. The van der Waals surface area contributed by atoms with Crippen molar-refractivity contribution in [3.63, 3.8) is 0 Å². The lowest BCUT2D eigenvalue weighted by Gasteiger charge is -2.13. The molecule has 0 unspecified atom stereocenters. The van der Waals surface area contributed by atoms with Gasteiger partial charge in [0.05, 0.1) is 7.11 Å². The van der Waals surface area contributed by atoms with Crippen molar-refractivity contribution in [1.29, 1.82) is 0 Å². The van der Waals surface area contributed by atoms with Crippen LogP contribution in [0.1, 0.15) is 33.5 Å². The number of methoxy groups -OCH3 is 1. The third kappa shape index (κ3) is 4.96. The van der Waals surface area contributed by atoms with Crippen molar-refractivity contribution in [3.05, 3.63) is 69.1 Å². The van der Waals surface area contributed by atoms with Crippen LogP contribution in [0.15, 0.2) is 45.6 Å². The summed E-state index contributed by atoms with van der Waals surface area (Å²) < 4.78 is 10.6. The Labute approximate surface area is 175 Å². The zero-order valence-electron chi connectivity index (χ0n) is 16.7. The van der Waals surface area contributed by atoms with Crippen LogP contribution in [0.2, 0.25) is 0 Å². The molecule has 0 aliphatic carbocycles. The van der Waals surface area contributed by atoms with Crippen molar-refractivity contribution in [1.82, 2.24) is 0 Å². The molecule has 1 heterocycles. The molecule has 6 nitrogen and oxygen atoms in total. The lowest BCUT2D eigenvalue weighted by atomic mass is 10.0. The van der Waals surface area contributed by atoms with Gasteiger partial charge >= 0.3 is 5.63 Å². The van der Waals surface area contributed by atoms with Crippen LogP contribution in [0.4, 0.5) is 5.69 Å². The molecule has 0 radical (unpaired) electrons. The highest BCUT2D eigenvalue weighted by Crippen LogP contribution is 2.26. The predicted octanol–water partition coefficient (Wildman–Crippen LogP) is 3.98. The van der Waals surface area contributed by atoms with Gasteiger partial charge in [-0.15, -0.1) is 12.4 Å². The zero-order valence-corrected chi connectivity index (χ0v) is 17.5. The van der Waals surface area contributed by atoms with Crippen molar-refractivity contribution in [2.75, 3.05) is 19.0 Å². The molecule has 3 N–H and O–H groups in total. The van der Waals surface area contributed by atoms with Crippen molar-refractivity contribution >= 4 is 35.0 Å². The molecule has 29 heavy (non-hydrogen) atoms. The molecule has 0 bridgehead atoms. The third-order valence-corrected chi connectivity index (χ3v) is 4.74. The number of nitrogens with two attached hydrogens (primary N) is 1. The minimum absolute atomic E-state index is 0. The third-order valence-electron chi connectivity index (χ3n) is 4.74. The maximum absolute atomic E-state index is 12.8. The first-order valence-corrected chi connectivity index (χ1v) is 9.16. The molecule has 0 aliphatic rings. The molecule has 154 valence electrons. The van der Waals surface area contributed by atoms with Gasteiger partial charge in [0, 0.05) is 22.7 Å². The molecule has 0 fully saturated rings. The lowest BCUT2D eigenvalue weighted by molar-refractivity contribution is 0.102. The standard InChI is InChI=1S/C22H24N2O4.ClH/c1-13-10-21(25)28-20-9-14(2)18(12-17(13)20)24-22(26)16-6-7-19(27-3)15(11-16)5-4-8-23;/h6-7,9-12H,4-5,8,23H2,1-3H3,(H,24,26);1H. The first-order valence-electron chi connectivity index (χ1n) is 9.16. The van der Waals surface area contributed by atoms with Crippen molar-refractivity contribution in [3.8, 4) is 5.75 Å². The molecule has 0 saturated carbocycles. The van der Waals surface area contributed by atoms with Crippen LogP contribution in [0.5, 0.6) is 5.75 Å². The number of benzene rings is 2. The Morgan fingerprint density at radius 2 is 1.90 bits per heavy atom. The van der Waals surface area contributed by atoms with E-state index in [1.54, 1.807) is 25.3 Å². The van der Waals surface area contributed by atoms with Gasteiger partial charge in [-0.25, -0.2) is 4.79 Å². The number of ether oxygens (including phenoxy) is 1. The highest BCUT2D eigenvalue weighted by atomic mass is 35.5. The van der Waals surface area contributed by atoms with Crippen LogP contribution in [-0.2, 0) is 6.42 Å². The van der Waals surface area contributed by atoms with Crippen LogP contribution in [0.3, 0.4) is 0 Å². The summed E-state index contributed by atoms with van der Waals surface area (Å²) in [5.41, 5.74) is 9.51. The van der Waals surface area contributed by atoms with Crippen LogP contribution in [0, 0.1) is 13.8 Å². The van der Waals surface area contributed by atoms with E-state index in [0.29, 0.717) is 23.4 Å². The topological polar surface area (TPSA) is 94.6 Å². The van der Waals surface area contributed by atoms with E-state index in [9.17, 15) is 9.59 Å². The fourth-order valence-corrected chi connectivity index (χ4v) is 3.20. The SMILES string of the molecule is COc1ccc(C(=O)Nc2cc3c(C)cc(=O)oc3cc2C)cc1CCCN.Cl. The minimum atomic E-state index is -0.385. The number of carbonyl (C=O) groups excluding carboxylic acids is 1. The van der Waals surface area contributed by atoms with Crippen LogP contribution < -0.4 is 21.4 Å². The minimum Gasteiger partial charge on any atom is -0.496 e. The normalized spacial score (nSPS) is 10.5. The number of anilines is 1. The number of aryl methyl sites for hydroxylation is 3. The van der Waals surface area contributed by atoms with E-state index in [1.807, 2.05) is 26.0 Å². The van der Waals surface area contributed by atoms with E-state index in [-0.39, 0.29) is 23.9 Å². The van der Waals surface area contributed by atoms with Gasteiger partial charge in [0.25, 0.3) is 5.91 Å². The smallest absolute Gasteiger partial charge is 0.336 e. The largest absolute Gasteiger partial charge is 0.496 e. The van der Waals surface area contributed by atoms with E-state index in [1.165, 1.54) is 6.07 Å². The summed E-state index contributed by atoms with van der Waals surface area (Å²) in [7, 11) is 1.61. The maximum atomic E-state index is 12.8. The number of hydrogen-bond donors (Lipinski definition) is 2. The summed E-state index contributed by atoms with van der Waals surface area (Å²) in [5.74, 6) is 0.534. The first kappa shape index (κ1) is 22.5. The Morgan fingerprint density at radius 1 is 1.14 bits per heavy atom. The number of nitrogens with one attached hydrogen (secondary N) is 1. The summed E-state index contributed by atoms with van der Waals surface area (Å²) in [5, 5.41) is 3.75. The predicted molar refractivity (Wildman–Crippen MR) is 118 cm³/mol. The van der Waals surface area contributed by atoms with Gasteiger partial charge in [0.2, 0.25) is 0 Å². The average Bonchev–Trinajstić information content (AvgIpc) is 2.67. The van der Waals surface area contributed by atoms with Gasteiger partial charge in [-0.05, 0) is 80.3 Å². The second-order valence-electron chi connectivity index (χ2n) is 6.78. The Hall–Kier alpha value is -2.83. The summed E-state index contributed by atoms with van der Waals surface area (Å²) in [6.07, 6.45) is 1.56. The number of carbonyl (C=O) groups is 1. The highest BCUT2D eigenvalue weighted by Gasteiger charge is 2.13. The van der Waals surface area contributed by atoms with Crippen LogP contribution in [-0.4, -0.2) is 19.6 Å². The number of halogens is 1. The second kappa shape index (κ2) is 9.58. The molecule has 2 aromatic carbocycles. The Balaban J connectivity index is 0.00000300. The average molecular weight is 417 g/mol. The van der Waals surface area contributed by atoms with Gasteiger partial charge in [0.1, 0.15) is 11.3 Å². The number of amides is 1. The quantitative estimate of drug-likeness (QED) is 0.592. The molecule has 0 spiro atoms. The van der Waals surface area contributed by atoms with Gasteiger partial charge in [-0.1, -0.05) is 0 Å².